The number of aromatic nitrogens is 1. The van der Waals surface area contributed by atoms with Crippen LogP contribution in [0.2, 0.25) is 0 Å². The van der Waals surface area contributed by atoms with E-state index in [-0.39, 0.29) is 47.7 Å². The summed E-state index contributed by atoms with van der Waals surface area (Å²) < 4.78 is 33.7. The van der Waals surface area contributed by atoms with Crippen LogP contribution in [0, 0.1) is 0 Å². The number of carbonyl (C=O) groups excluding carboxylic acids is 1. The molecule has 0 spiro atoms. The standard InChI is InChI=1S/C20H30N4O4S.ClH/c21-13-3-7-17(8-4-13)29(26,27)24-15-5-6-16(24)10-14(9-15)22-20(25)18-11-19(28-23-18)12-1-2-12;/h11-17H,1-10,21H2,(H,22,25);1H. The zero-order valence-corrected chi connectivity index (χ0v) is 18.7. The molecule has 3 heterocycles. The van der Waals surface area contributed by atoms with Gasteiger partial charge in [-0.3, -0.25) is 4.79 Å². The van der Waals surface area contributed by atoms with Crippen molar-refractivity contribution >= 4 is 28.3 Å². The van der Waals surface area contributed by atoms with Crippen molar-refractivity contribution in [3.63, 3.8) is 0 Å². The molecule has 2 aliphatic carbocycles. The molecule has 1 aromatic heterocycles. The lowest BCUT2D eigenvalue weighted by Gasteiger charge is -2.40. The van der Waals surface area contributed by atoms with Crippen LogP contribution in [0.15, 0.2) is 10.6 Å². The van der Waals surface area contributed by atoms with Gasteiger partial charge >= 0.3 is 0 Å². The minimum Gasteiger partial charge on any atom is -0.360 e. The van der Waals surface area contributed by atoms with Crippen LogP contribution in [0.4, 0.5) is 0 Å². The summed E-state index contributed by atoms with van der Waals surface area (Å²) in [5, 5.41) is 6.68. The van der Waals surface area contributed by atoms with Gasteiger partial charge in [-0.1, -0.05) is 5.16 Å². The molecular weight excluding hydrogens is 428 g/mol. The first-order valence-corrected chi connectivity index (χ1v) is 12.5. The Kier molecular flexibility index (Phi) is 6.18. The van der Waals surface area contributed by atoms with Crippen LogP contribution in [0.5, 0.6) is 0 Å². The number of nitrogens with two attached hydrogens (primary N) is 1. The molecule has 3 N–H and O–H groups in total. The highest BCUT2D eigenvalue weighted by Crippen LogP contribution is 2.41. The molecule has 10 heteroatoms. The SMILES string of the molecule is Cl.NC1CCC(S(=O)(=O)N2C3CCC2CC(NC(=O)c2cc(C4CC4)on2)C3)CC1. The average Bonchev–Trinajstić information content (AvgIpc) is 3.34. The molecule has 1 aromatic rings. The maximum atomic E-state index is 13.3. The molecule has 2 saturated carbocycles. The van der Waals surface area contributed by atoms with E-state index in [1.807, 2.05) is 0 Å². The van der Waals surface area contributed by atoms with Crippen LogP contribution in [0.1, 0.15) is 86.4 Å². The molecule has 2 bridgehead atoms. The fourth-order valence-corrected chi connectivity index (χ4v) is 7.87. The summed E-state index contributed by atoms with van der Waals surface area (Å²) in [7, 11) is -3.31. The third kappa shape index (κ3) is 4.13. The first-order chi connectivity index (χ1) is 13.9. The third-order valence-electron chi connectivity index (χ3n) is 7.18. The Labute approximate surface area is 183 Å². The minimum absolute atomic E-state index is 0. The second-order valence-electron chi connectivity index (χ2n) is 9.33. The summed E-state index contributed by atoms with van der Waals surface area (Å²) in [5.41, 5.74) is 6.29. The smallest absolute Gasteiger partial charge is 0.273 e. The largest absolute Gasteiger partial charge is 0.360 e. The zero-order chi connectivity index (χ0) is 20.2. The number of amides is 1. The van der Waals surface area contributed by atoms with Crippen LogP contribution < -0.4 is 11.1 Å². The van der Waals surface area contributed by atoms with E-state index in [1.54, 1.807) is 10.4 Å². The Morgan fingerprint density at radius 3 is 2.30 bits per heavy atom. The monoisotopic (exact) mass is 458 g/mol. The first kappa shape index (κ1) is 22.0. The van der Waals surface area contributed by atoms with Crippen molar-refractivity contribution in [1.29, 1.82) is 0 Å². The number of piperidine rings is 1. The van der Waals surface area contributed by atoms with Gasteiger partial charge in [0.2, 0.25) is 10.0 Å². The minimum atomic E-state index is -3.31. The summed E-state index contributed by atoms with van der Waals surface area (Å²) in [6, 6.07) is 1.83. The van der Waals surface area contributed by atoms with Gasteiger partial charge in [-0.2, -0.15) is 4.31 Å². The lowest BCUT2D eigenvalue weighted by Crippen LogP contribution is -2.55. The van der Waals surface area contributed by atoms with E-state index in [1.165, 1.54) is 0 Å². The molecule has 2 atom stereocenters. The van der Waals surface area contributed by atoms with Crippen LogP contribution in [-0.4, -0.2) is 53.2 Å². The van der Waals surface area contributed by atoms with E-state index in [4.69, 9.17) is 10.3 Å². The van der Waals surface area contributed by atoms with Gasteiger partial charge in [-0.25, -0.2) is 8.42 Å². The molecule has 2 saturated heterocycles. The zero-order valence-electron chi connectivity index (χ0n) is 17.0. The van der Waals surface area contributed by atoms with Gasteiger partial charge < -0.3 is 15.6 Å². The number of rotatable bonds is 5. The van der Waals surface area contributed by atoms with Gasteiger partial charge in [-0.05, 0) is 64.2 Å². The number of halogens is 1. The highest BCUT2D eigenvalue weighted by Gasteiger charge is 2.49. The van der Waals surface area contributed by atoms with Gasteiger partial charge in [0.15, 0.2) is 5.69 Å². The summed E-state index contributed by atoms with van der Waals surface area (Å²) in [6.45, 7) is 0. The van der Waals surface area contributed by atoms with Crippen molar-refractivity contribution in [1.82, 2.24) is 14.8 Å². The molecule has 5 rings (SSSR count). The van der Waals surface area contributed by atoms with Crippen molar-refractivity contribution in [3.05, 3.63) is 17.5 Å². The summed E-state index contributed by atoms with van der Waals surface area (Å²) in [5.74, 6) is 0.994. The average molecular weight is 459 g/mol. The Hall–Kier alpha value is -1.16. The number of fused-ring (bicyclic) bond motifs is 2. The third-order valence-corrected chi connectivity index (χ3v) is 9.67. The molecule has 2 aliphatic heterocycles. The molecule has 4 aliphatic rings. The lowest BCUT2D eigenvalue weighted by atomic mass is 9.96. The fraction of sp³-hybridized carbons (Fsp3) is 0.800. The van der Waals surface area contributed by atoms with E-state index >= 15 is 0 Å². The van der Waals surface area contributed by atoms with Gasteiger partial charge in [0, 0.05) is 36.2 Å². The number of hydrogen-bond acceptors (Lipinski definition) is 6. The number of nitrogens with one attached hydrogen (secondary N) is 1. The van der Waals surface area contributed by atoms with E-state index in [0.29, 0.717) is 37.3 Å². The Bertz CT molecular complexity index is 865. The van der Waals surface area contributed by atoms with Crippen molar-refractivity contribution in [2.75, 3.05) is 0 Å². The molecule has 8 nitrogen and oxygen atoms in total. The molecule has 1 amide bonds. The summed E-state index contributed by atoms with van der Waals surface area (Å²) in [6.07, 6.45) is 8.17. The first-order valence-electron chi connectivity index (χ1n) is 11.0. The summed E-state index contributed by atoms with van der Waals surface area (Å²) in [4.78, 5) is 12.6. The molecule has 2 unspecified atom stereocenters. The Morgan fingerprint density at radius 1 is 1.07 bits per heavy atom. The number of carbonyl (C=O) groups is 1. The summed E-state index contributed by atoms with van der Waals surface area (Å²) >= 11 is 0. The lowest BCUT2D eigenvalue weighted by molar-refractivity contribution is 0.0899. The van der Waals surface area contributed by atoms with Crippen LogP contribution in [0.25, 0.3) is 0 Å². The number of sulfonamides is 1. The van der Waals surface area contributed by atoms with Gasteiger partial charge in [-0.15, -0.1) is 12.4 Å². The van der Waals surface area contributed by atoms with Crippen LogP contribution >= 0.6 is 12.4 Å². The quantitative estimate of drug-likeness (QED) is 0.698. The van der Waals surface area contributed by atoms with Gasteiger partial charge in [0.25, 0.3) is 5.91 Å². The molecule has 0 radical (unpaired) electrons. The van der Waals surface area contributed by atoms with Gasteiger partial charge in [0.1, 0.15) is 5.76 Å². The maximum Gasteiger partial charge on any atom is 0.273 e. The fourth-order valence-electron chi connectivity index (χ4n) is 5.44. The molecule has 168 valence electrons. The van der Waals surface area contributed by atoms with Crippen molar-refractivity contribution in [3.8, 4) is 0 Å². The molecule has 0 aromatic carbocycles. The van der Waals surface area contributed by atoms with Crippen molar-refractivity contribution in [2.45, 2.75) is 99.5 Å². The second-order valence-corrected chi connectivity index (χ2v) is 11.4. The van der Waals surface area contributed by atoms with Crippen LogP contribution in [0.3, 0.4) is 0 Å². The predicted molar refractivity (Wildman–Crippen MR) is 114 cm³/mol. The normalized spacial score (nSPS) is 34.4. The van der Waals surface area contributed by atoms with E-state index in [2.05, 4.69) is 10.5 Å². The maximum absolute atomic E-state index is 13.3. The Balaban J connectivity index is 0.00000218. The topological polar surface area (TPSA) is 119 Å². The Morgan fingerprint density at radius 2 is 1.70 bits per heavy atom. The molecule has 30 heavy (non-hydrogen) atoms. The van der Waals surface area contributed by atoms with Crippen LogP contribution in [-0.2, 0) is 10.0 Å². The predicted octanol–water partition coefficient (Wildman–Crippen LogP) is 2.30. The van der Waals surface area contributed by atoms with Crippen molar-refractivity contribution < 1.29 is 17.7 Å². The van der Waals surface area contributed by atoms with E-state index in [9.17, 15) is 13.2 Å². The molecular formula is C20H31ClN4O4S. The van der Waals surface area contributed by atoms with Crippen molar-refractivity contribution in [2.24, 2.45) is 5.73 Å². The highest BCUT2D eigenvalue weighted by atomic mass is 35.5. The second kappa shape index (κ2) is 8.41. The number of nitrogens with zero attached hydrogens (tertiary/aromatic N) is 2. The number of hydrogen-bond donors (Lipinski definition) is 2. The van der Waals surface area contributed by atoms with E-state index in [0.717, 1.165) is 44.3 Å². The molecule has 4 fully saturated rings. The van der Waals surface area contributed by atoms with E-state index < -0.39 is 10.0 Å². The van der Waals surface area contributed by atoms with Gasteiger partial charge in [0.05, 0.1) is 5.25 Å². The highest BCUT2D eigenvalue weighted by molar-refractivity contribution is 7.89.